The topological polar surface area (TPSA) is 69.3 Å². The van der Waals surface area contributed by atoms with Gasteiger partial charge in [-0.2, -0.15) is 0 Å². The van der Waals surface area contributed by atoms with E-state index in [0.29, 0.717) is 5.96 Å². The highest BCUT2D eigenvalue weighted by Crippen LogP contribution is 2.27. The third-order valence-corrected chi connectivity index (χ3v) is 3.68. The molecule has 1 aromatic rings. The van der Waals surface area contributed by atoms with Crippen LogP contribution in [0.15, 0.2) is 23.2 Å². The first-order valence-electron chi connectivity index (χ1n) is 7.58. The van der Waals surface area contributed by atoms with E-state index in [1.165, 1.54) is 5.56 Å². The van der Waals surface area contributed by atoms with Crippen molar-refractivity contribution < 1.29 is 14.2 Å². The first-order chi connectivity index (χ1) is 10.7. The van der Waals surface area contributed by atoms with Crippen molar-refractivity contribution >= 4 is 5.96 Å². The first kappa shape index (κ1) is 16.4. The van der Waals surface area contributed by atoms with E-state index in [1.54, 1.807) is 14.2 Å². The first-order valence-corrected chi connectivity index (χ1v) is 7.58. The highest BCUT2D eigenvalue weighted by Gasteiger charge is 2.11. The molecule has 6 nitrogen and oxygen atoms in total. The van der Waals surface area contributed by atoms with Crippen LogP contribution in [-0.4, -0.2) is 57.9 Å². The number of rotatable bonds is 6. The second kappa shape index (κ2) is 8.48. The summed E-state index contributed by atoms with van der Waals surface area (Å²) in [6.45, 7) is 3.82. The Hall–Kier alpha value is -1.95. The summed E-state index contributed by atoms with van der Waals surface area (Å²) in [4.78, 5) is 6.52. The summed E-state index contributed by atoms with van der Waals surface area (Å²) >= 11 is 0. The van der Waals surface area contributed by atoms with Gasteiger partial charge in [-0.3, -0.25) is 4.99 Å². The second-order valence-electron chi connectivity index (χ2n) is 5.13. The van der Waals surface area contributed by atoms with Gasteiger partial charge in [-0.05, 0) is 30.5 Å². The smallest absolute Gasteiger partial charge is 0.191 e. The SMILES string of the molecule is COc1ccc(CCCN=C(N)N2CCOCC2)cc1OC. The van der Waals surface area contributed by atoms with Crippen molar-refractivity contribution in [1.29, 1.82) is 0 Å². The minimum Gasteiger partial charge on any atom is -0.493 e. The predicted molar refractivity (Wildman–Crippen MR) is 86.7 cm³/mol. The van der Waals surface area contributed by atoms with E-state index in [0.717, 1.165) is 57.2 Å². The molecule has 0 atom stereocenters. The van der Waals surface area contributed by atoms with Crippen LogP contribution in [0.2, 0.25) is 0 Å². The molecule has 1 heterocycles. The summed E-state index contributed by atoms with van der Waals surface area (Å²) in [5.74, 6) is 2.13. The lowest BCUT2D eigenvalue weighted by Crippen LogP contribution is -2.44. The highest BCUT2D eigenvalue weighted by molar-refractivity contribution is 5.78. The van der Waals surface area contributed by atoms with Crippen molar-refractivity contribution in [2.75, 3.05) is 47.1 Å². The largest absolute Gasteiger partial charge is 0.493 e. The number of morpholine rings is 1. The van der Waals surface area contributed by atoms with Crippen molar-refractivity contribution in [1.82, 2.24) is 4.90 Å². The Bertz CT molecular complexity index is 499. The number of aryl methyl sites for hydroxylation is 1. The summed E-state index contributed by atoms with van der Waals surface area (Å²) < 4.78 is 15.8. The number of aliphatic imine (C=N–C) groups is 1. The molecule has 6 heteroatoms. The number of ether oxygens (including phenoxy) is 3. The van der Waals surface area contributed by atoms with Gasteiger partial charge in [0.25, 0.3) is 0 Å². The Kier molecular flexibility index (Phi) is 6.33. The predicted octanol–water partition coefficient (Wildman–Crippen LogP) is 1.28. The molecule has 1 fully saturated rings. The molecule has 122 valence electrons. The monoisotopic (exact) mass is 307 g/mol. The normalized spacial score (nSPS) is 15.7. The van der Waals surface area contributed by atoms with Crippen LogP contribution in [0.3, 0.4) is 0 Å². The molecule has 0 bridgehead atoms. The third kappa shape index (κ3) is 4.53. The average molecular weight is 307 g/mol. The number of nitrogens with zero attached hydrogens (tertiary/aromatic N) is 2. The summed E-state index contributed by atoms with van der Waals surface area (Å²) in [7, 11) is 3.29. The Morgan fingerprint density at radius 3 is 2.64 bits per heavy atom. The number of guanidine groups is 1. The number of hydrogen-bond donors (Lipinski definition) is 1. The van der Waals surface area contributed by atoms with Crippen molar-refractivity contribution in [3.8, 4) is 11.5 Å². The van der Waals surface area contributed by atoms with Gasteiger partial charge in [0, 0.05) is 19.6 Å². The molecule has 22 heavy (non-hydrogen) atoms. The minimum atomic E-state index is 0.621. The van der Waals surface area contributed by atoms with Crippen LogP contribution in [0.5, 0.6) is 11.5 Å². The van der Waals surface area contributed by atoms with Crippen molar-refractivity contribution in [2.45, 2.75) is 12.8 Å². The molecule has 0 saturated carbocycles. The lowest BCUT2D eigenvalue weighted by Gasteiger charge is -2.27. The summed E-state index contributed by atoms with van der Waals surface area (Å²) in [6.07, 6.45) is 1.88. The van der Waals surface area contributed by atoms with E-state index in [2.05, 4.69) is 16.0 Å². The van der Waals surface area contributed by atoms with Crippen LogP contribution in [0, 0.1) is 0 Å². The third-order valence-electron chi connectivity index (χ3n) is 3.68. The Morgan fingerprint density at radius 2 is 1.95 bits per heavy atom. The fourth-order valence-corrected chi connectivity index (χ4v) is 2.41. The standard InChI is InChI=1S/C16H25N3O3/c1-20-14-6-5-13(12-15(14)21-2)4-3-7-18-16(17)19-8-10-22-11-9-19/h5-6,12H,3-4,7-11H2,1-2H3,(H2,17,18). The summed E-state index contributed by atoms with van der Waals surface area (Å²) in [6, 6.07) is 5.99. The lowest BCUT2D eigenvalue weighted by molar-refractivity contribution is 0.0674. The van der Waals surface area contributed by atoms with Gasteiger partial charge in [-0.1, -0.05) is 6.07 Å². The molecule has 0 unspecified atom stereocenters. The number of methoxy groups -OCH3 is 2. The van der Waals surface area contributed by atoms with Crippen molar-refractivity contribution in [2.24, 2.45) is 10.7 Å². The van der Waals surface area contributed by atoms with Gasteiger partial charge in [-0.25, -0.2) is 0 Å². The summed E-state index contributed by atoms with van der Waals surface area (Å²) in [5, 5.41) is 0. The molecule has 0 amide bonds. The summed E-state index contributed by atoms with van der Waals surface area (Å²) in [5.41, 5.74) is 7.20. The fourth-order valence-electron chi connectivity index (χ4n) is 2.41. The van der Waals surface area contributed by atoms with Gasteiger partial charge in [0.05, 0.1) is 27.4 Å². The molecule has 0 spiro atoms. The minimum absolute atomic E-state index is 0.621. The molecule has 0 radical (unpaired) electrons. The van der Waals surface area contributed by atoms with E-state index in [9.17, 15) is 0 Å². The average Bonchev–Trinajstić information content (AvgIpc) is 2.59. The molecule has 1 aromatic carbocycles. The zero-order chi connectivity index (χ0) is 15.8. The van der Waals surface area contributed by atoms with Crippen molar-refractivity contribution in [3.63, 3.8) is 0 Å². The van der Waals surface area contributed by atoms with Gasteiger partial charge in [0.1, 0.15) is 0 Å². The Morgan fingerprint density at radius 1 is 1.23 bits per heavy atom. The quantitative estimate of drug-likeness (QED) is 0.487. The van der Waals surface area contributed by atoms with E-state index in [1.807, 2.05) is 12.1 Å². The Labute approximate surface area is 131 Å². The van der Waals surface area contributed by atoms with Gasteiger partial charge >= 0.3 is 0 Å². The highest BCUT2D eigenvalue weighted by atomic mass is 16.5. The van der Waals surface area contributed by atoms with E-state index < -0.39 is 0 Å². The molecule has 0 aromatic heterocycles. The molecule has 2 rings (SSSR count). The van der Waals surface area contributed by atoms with E-state index in [4.69, 9.17) is 19.9 Å². The van der Waals surface area contributed by atoms with Crippen LogP contribution in [0.4, 0.5) is 0 Å². The number of hydrogen-bond acceptors (Lipinski definition) is 4. The maximum Gasteiger partial charge on any atom is 0.191 e. The van der Waals surface area contributed by atoms with Gasteiger partial charge in [0.15, 0.2) is 17.5 Å². The zero-order valence-electron chi connectivity index (χ0n) is 13.4. The molecular formula is C16H25N3O3. The zero-order valence-corrected chi connectivity index (χ0v) is 13.4. The van der Waals surface area contributed by atoms with Crippen LogP contribution in [0.25, 0.3) is 0 Å². The maximum atomic E-state index is 6.00. The lowest BCUT2D eigenvalue weighted by atomic mass is 10.1. The molecule has 1 saturated heterocycles. The molecule has 1 aliphatic heterocycles. The fraction of sp³-hybridized carbons (Fsp3) is 0.562. The van der Waals surface area contributed by atoms with E-state index in [-0.39, 0.29) is 0 Å². The molecule has 2 N–H and O–H groups in total. The Balaban J connectivity index is 1.80. The molecule has 1 aliphatic rings. The molecular weight excluding hydrogens is 282 g/mol. The van der Waals surface area contributed by atoms with Gasteiger partial charge in [-0.15, -0.1) is 0 Å². The van der Waals surface area contributed by atoms with Gasteiger partial charge in [0.2, 0.25) is 0 Å². The van der Waals surface area contributed by atoms with Crippen LogP contribution >= 0.6 is 0 Å². The van der Waals surface area contributed by atoms with Gasteiger partial charge < -0.3 is 24.8 Å². The molecule has 0 aliphatic carbocycles. The number of nitrogens with two attached hydrogens (primary N) is 1. The maximum absolute atomic E-state index is 6.00. The second-order valence-corrected chi connectivity index (χ2v) is 5.13. The van der Waals surface area contributed by atoms with Crippen LogP contribution in [0.1, 0.15) is 12.0 Å². The van der Waals surface area contributed by atoms with Crippen LogP contribution in [-0.2, 0) is 11.2 Å². The van der Waals surface area contributed by atoms with Crippen molar-refractivity contribution in [3.05, 3.63) is 23.8 Å². The number of benzene rings is 1. The van der Waals surface area contributed by atoms with E-state index >= 15 is 0 Å². The van der Waals surface area contributed by atoms with Crippen LogP contribution < -0.4 is 15.2 Å².